The van der Waals surface area contributed by atoms with Gasteiger partial charge in [0.05, 0.1) is 58.4 Å². The second kappa shape index (κ2) is 31.7. The predicted molar refractivity (Wildman–Crippen MR) is 355 cm³/mol. The van der Waals surface area contributed by atoms with E-state index in [1.165, 1.54) is 0 Å². The van der Waals surface area contributed by atoms with Crippen LogP contribution in [0, 0.1) is 0 Å². The van der Waals surface area contributed by atoms with E-state index in [-0.39, 0.29) is 51.3 Å². The van der Waals surface area contributed by atoms with Crippen molar-refractivity contribution in [2.75, 3.05) is 20.3 Å². The molecule has 8 aromatic rings. The Bertz CT molecular complexity index is 3420. The van der Waals surface area contributed by atoms with Gasteiger partial charge >= 0.3 is 0 Å². The van der Waals surface area contributed by atoms with Crippen LogP contribution in [0.15, 0.2) is 243 Å². The van der Waals surface area contributed by atoms with Gasteiger partial charge in [-0.3, -0.25) is 0 Å². The highest BCUT2D eigenvalue weighted by Crippen LogP contribution is 2.42. The van der Waals surface area contributed by atoms with Crippen LogP contribution in [0.5, 0.6) is 0 Å². The first-order valence-corrected chi connectivity index (χ1v) is 34.3. The van der Waals surface area contributed by atoms with Crippen molar-refractivity contribution < 1.29 is 66.0 Å². The largest absolute Gasteiger partial charge is 0.405 e. The van der Waals surface area contributed by atoms with E-state index in [0.717, 1.165) is 43.8 Å². The van der Waals surface area contributed by atoms with Crippen LogP contribution in [0.1, 0.15) is 67.4 Å². The van der Waals surface area contributed by atoms with Crippen molar-refractivity contribution >= 4 is 18.7 Å². The molecule has 4 aliphatic heterocycles. The maximum Gasteiger partial charge on any atom is 0.261 e. The zero-order chi connectivity index (χ0) is 64.0. The van der Waals surface area contributed by atoms with Crippen molar-refractivity contribution in [1.29, 1.82) is 0 Å². The zero-order valence-electron chi connectivity index (χ0n) is 53.6. The molecule has 0 radical (unpaired) electrons. The summed E-state index contributed by atoms with van der Waals surface area (Å²) in [4.78, 5) is 0. The lowest BCUT2D eigenvalue weighted by molar-refractivity contribution is -0.394. The Kier molecular flexibility index (Phi) is 22.7. The average molecular weight is 1280 g/mol. The predicted octanol–water partition coefficient (Wildman–Crippen LogP) is 11.5. The van der Waals surface area contributed by atoms with Gasteiger partial charge in [-0.15, -0.1) is 0 Å². The molecule has 0 aliphatic carbocycles. The Morgan fingerprint density at radius 1 is 0.419 bits per heavy atom. The van der Waals surface area contributed by atoms with Gasteiger partial charge in [0.1, 0.15) is 61.0 Å². The van der Waals surface area contributed by atoms with Crippen LogP contribution in [-0.4, -0.2) is 121 Å². The van der Waals surface area contributed by atoms with Crippen LogP contribution >= 0.6 is 0 Å². The smallest absolute Gasteiger partial charge is 0.261 e. The standard InChI is InChI=1S/C77H87NO14Si/c1-53-65(80-46-54-30-14-6-15-31-54)70(72(84-50-58-38-22-10-23-39-58)75(87-53)91-68-64(78)74(79-5)88-62-51-85-73(90-67(62)68)59-40-24-11-25-41-59)92-76-71(83-49-57-36-20-9-21-37-57)69(82-48-56-34-18-8-19-35-56)66(81-47-55-32-16-7-17-33-55)63(89-76)52-86-93(77(2,3)4,60-42-26-12-27-43-60)61-44-28-13-29-45-61/h6-45,53,62-76H,46-52,78H2,1-5H3/t53-,62+,63-,64+,65-,66-,67+,68+,69+,70+,71+,72+,73?,74+,75-,76-/m0/s1. The molecule has 0 spiro atoms. The molecule has 16 atom stereocenters. The second-order valence-electron chi connectivity index (χ2n) is 25.3. The summed E-state index contributed by atoms with van der Waals surface area (Å²) < 4.78 is 100. The van der Waals surface area contributed by atoms with E-state index >= 15 is 0 Å². The summed E-state index contributed by atoms with van der Waals surface area (Å²) in [5, 5.41) is 1.84. The fourth-order valence-corrected chi connectivity index (χ4v) is 17.8. The number of nitrogens with two attached hydrogens (primary N) is 1. The van der Waals surface area contributed by atoms with Crippen molar-refractivity contribution in [2.24, 2.45) is 5.73 Å². The SMILES string of the molecule is CO[C@@H]1O[C@@H]2COC(c3ccccc3)O[C@H]2[C@H](O[C@@H]2O[C@@H](C)[C@H](OCc3ccccc3)[C@@H](O[C@@H]3O[C@@H](CO[Si](c4ccccc4)(c4ccccc4)C(C)(C)C)[C@H](OCc4ccccc4)[C@@H](OCc4ccccc4)[C@H]3OCc3ccccc3)[C@H]2OCc2ccccc2)[C@H]1N. The summed E-state index contributed by atoms with van der Waals surface area (Å²) in [5.41, 5.74) is 12.8. The first kappa shape index (κ1) is 66.4. The molecule has 0 amide bonds. The lowest BCUT2D eigenvalue weighted by atomic mass is 9.94. The topological polar surface area (TPSA) is 155 Å². The van der Waals surface area contributed by atoms with E-state index in [0.29, 0.717) is 0 Å². The van der Waals surface area contributed by atoms with Gasteiger partial charge in [0.15, 0.2) is 25.2 Å². The minimum absolute atomic E-state index is 0.0690. The lowest BCUT2D eigenvalue weighted by Gasteiger charge is -2.52. The molecule has 4 aliphatic rings. The van der Waals surface area contributed by atoms with Gasteiger partial charge in [0.25, 0.3) is 8.32 Å². The van der Waals surface area contributed by atoms with Gasteiger partial charge in [0, 0.05) is 12.7 Å². The first-order valence-electron chi connectivity index (χ1n) is 32.4. The second-order valence-corrected chi connectivity index (χ2v) is 29.6. The molecule has 0 saturated carbocycles. The molecule has 1 unspecified atom stereocenters. The Hall–Kier alpha value is -6.62. The maximum absolute atomic E-state index is 7.90. The summed E-state index contributed by atoms with van der Waals surface area (Å²) in [6, 6.07) is 80.4. The number of fused-ring (bicyclic) bond motifs is 1. The minimum Gasteiger partial charge on any atom is -0.405 e. The number of hydrogen-bond acceptors (Lipinski definition) is 15. The Morgan fingerprint density at radius 3 is 1.26 bits per heavy atom. The molecule has 0 aromatic heterocycles. The third-order valence-corrected chi connectivity index (χ3v) is 22.9. The Labute approximate surface area is 548 Å². The Morgan fingerprint density at radius 2 is 0.806 bits per heavy atom. The van der Waals surface area contributed by atoms with E-state index < -0.39 is 107 Å². The fourth-order valence-electron chi connectivity index (χ4n) is 13.2. The van der Waals surface area contributed by atoms with Gasteiger partial charge in [-0.2, -0.15) is 0 Å². The first-order chi connectivity index (χ1) is 45.5. The van der Waals surface area contributed by atoms with E-state index in [4.69, 9.17) is 71.7 Å². The molecule has 4 heterocycles. The molecule has 15 nitrogen and oxygen atoms in total. The van der Waals surface area contributed by atoms with E-state index in [1.54, 1.807) is 7.11 Å². The molecule has 4 fully saturated rings. The molecule has 16 heteroatoms. The van der Waals surface area contributed by atoms with Crippen molar-refractivity contribution in [3.8, 4) is 0 Å². The molecule has 12 rings (SSSR count). The van der Waals surface area contributed by atoms with Crippen molar-refractivity contribution in [3.05, 3.63) is 276 Å². The molecule has 8 aromatic carbocycles. The quantitative estimate of drug-likeness (QED) is 0.0511. The molecule has 2 N–H and O–H groups in total. The average Bonchev–Trinajstić information content (AvgIpc) is 0.769. The molecule has 0 bridgehead atoms. The summed E-state index contributed by atoms with van der Waals surface area (Å²) in [7, 11) is -1.69. The van der Waals surface area contributed by atoms with Crippen LogP contribution in [0.4, 0.5) is 0 Å². The monoisotopic (exact) mass is 1280 g/mol. The minimum atomic E-state index is -3.25. The highest BCUT2D eigenvalue weighted by atomic mass is 28.4. The van der Waals surface area contributed by atoms with E-state index in [9.17, 15) is 0 Å². The normalized spacial score (nSPS) is 28.3. The third-order valence-electron chi connectivity index (χ3n) is 17.9. The number of rotatable bonds is 26. The molecule has 488 valence electrons. The summed E-state index contributed by atoms with van der Waals surface area (Å²) in [6.45, 7) is 9.97. The van der Waals surface area contributed by atoms with Gasteiger partial charge in [-0.1, -0.05) is 263 Å². The zero-order valence-corrected chi connectivity index (χ0v) is 54.6. The lowest BCUT2D eigenvalue weighted by Crippen LogP contribution is -2.70. The fraction of sp³-hybridized carbons (Fsp3) is 0.377. The van der Waals surface area contributed by atoms with Crippen molar-refractivity contribution in [1.82, 2.24) is 0 Å². The number of hydrogen-bond donors (Lipinski definition) is 1. The van der Waals surface area contributed by atoms with Crippen LogP contribution in [0.3, 0.4) is 0 Å². The summed E-state index contributed by atoms with van der Waals surface area (Å²) in [5.74, 6) is 0. The number of ether oxygens (including phenoxy) is 13. The number of methoxy groups -OCH3 is 1. The summed E-state index contributed by atoms with van der Waals surface area (Å²) in [6.07, 6.45) is -13.3. The van der Waals surface area contributed by atoms with E-state index in [2.05, 4.69) is 93.6 Å². The highest BCUT2D eigenvalue weighted by Gasteiger charge is 2.58. The van der Waals surface area contributed by atoms with Gasteiger partial charge < -0.3 is 71.7 Å². The summed E-state index contributed by atoms with van der Waals surface area (Å²) >= 11 is 0. The van der Waals surface area contributed by atoms with Crippen molar-refractivity contribution in [2.45, 2.75) is 164 Å². The third kappa shape index (κ3) is 16.0. The Balaban J connectivity index is 0.989. The number of benzene rings is 8. The van der Waals surface area contributed by atoms with Gasteiger partial charge in [-0.25, -0.2) is 0 Å². The van der Waals surface area contributed by atoms with Crippen LogP contribution in [0.2, 0.25) is 5.04 Å². The highest BCUT2D eigenvalue weighted by molar-refractivity contribution is 6.99. The molecule has 93 heavy (non-hydrogen) atoms. The van der Waals surface area contributed by atoms with Crippen LogP contribution in [0.25, 0.3) is 0 Å². The van der Waals surface area contributed by atoms with Crippen LogP contribution < -0.4 is 16.1 Å². The van der Waals surface area contributed by atoms with Crippen LogP contribution in [-0.2, 0) is 99.0 Å². The van der Waals surface area contributed by atoms with Crippen molar-refractivity contribution in [3.63, 3.8) is 0 Å². The van der Waals surface area contributed by atoms with E-state index in [1.807, 2.05) is 177 Å². The maximum atomic E-state index is 7.90. The van der Waals surface area contributed by atoms with Gasteiger partial charge in [-0.05, 0) is 50.2 Å². The molecular weight excluding hydrogens is 1190 g/mol. The molecular formula is C77H87NO14Si. The molecule has 4 saturated heterocycles. The van der Waals surface area contributed by atoms with Gasteiger partial charge in [0.2, 0.25) is 0 Å².